The van der Waals surface area contributed by atoms with E-state index in [0.29, 0.717) is 0 Å². The van der Waals surface area contributed by atoms with E-state index in [1.165, 1.54) is 0 Å². The standard InChI is InChI=1S/C21H20O4S2/c22-26(23,15-7-3-1-4-8-15)19-17-11-12-18(21(17)13-14-21)20(19)27(24,25)16-9-5-2-6-10-16/h1-12,17-20H,13-14H2/t17-,18+,19-,20+. The summed E-state index contributed by atoms with van der Waals surface area (Å²) >= 11 is 0. The van der Waals surface area contributed by atoms with Crippen molar-refractivity contribution in [3.8, 4) is 0 Å². The predicted octanol–water partition coefficient (Wildman–Crippen LogP) is 3.27. The average molecular weight is 401 g/mol. The molecule has 6 heteroatoms. The zero-order valence-electron chi connectivity index (χ0n) is 14.6. The predicted molar refractivity (Wildman–Crippen MR) is 103 cm³/mol. The van der Waals surface area contributed by atoms with Gasteiger partial charge in [-0.1, -0.05) is 48.6 Å². The van der Waals surface area contributed by atoms with Gasteiger partial charge in [0.15, 0.2) is 19.7 Å². The summed E-state index contributed by atoms with van der Waals surface area (Å²) in [5, 5.41) is -1.86. The minimum atomic E-state index is -3.77. The lowest BCUT2D eigenvalue weighted by atomic mass is 9.93. The first-order valence-electron chi connectivity index (χ1n) is 9.15. The summed E-state index contributed by atoms with van der Waals surface area (Å²) in [5.74, 6) is -0.451. The van der Waals surface area contributed by atoms with Crippen molar-refractivity contribution in [2.24, 2.45) is 17.3 Å². The molecule has 1 spiro atoms. The van der Waals surface area contributed by atoms with Crippen molar-refractivity contribution in [3.05, 3.63) is 72.8 Å². The first kappa shape index (κ1) is 17.2. The number of hydrogen-bond donors (Lipinski definition) is 0. The summed E-state index contributed by atoms with van der Waals surface area (Å²) in [4.78, 5) is 0.417. The highest BCUT2D eigenvalue weighted by atomic mass is 32.2. The van der Waals surface area contributed by atoms with Crippen molar-refractivity contribution < 1.29 is 16.8 Å². The fraction of sp³-hybridized carbons (Fsp3) is 0.333. The van der Waals surface area contributed by atoms with Gasteiger partial charge in [0.1, 0.15) is 0 Å². The molecule has 0 amide bonds. The van der Waals surface area contributed by atoms with E-state index < -0.39 is 30.2 Å². The lowest BCUT2D eigenvalue weighted by Crippen LogP contribution is -2.42. The molecule has 2 bridgehead atoms. The van der Waals surface area contributed by atoms with Gasteiger partial charge in [0.2, 0.25) is 0 Å². The molecule has 0 aromatic heterocycles. The fourth-order valence-electron chi connectivity index (χ4n) is 5.21. The average Bonchev–Trinajstić information content (AvgIpc) is 3.35. The van der Waals surface area contributed by atoms with Crippen molar-refractivity contribution in [2.45, 2.75) is 33.1 Å². The second-order valence-electron chi connectivity index (χ2n) is 7.81. The van der Waals surface area contributed by atoms with Crippen LogP contribution in [0.1, 0.15) is 12.8 Å². The van der Waals surface area contributed by atoms with Gasteiger partial charge < -0.3 is 0 Å². The Hall–Kier alpha value is -1.92. The highest BCUT2D eigenvalue weighted by Gasteiger charge is 2.72. The zero-order valence-corrected chi connectivity index (χ0v) is 16.2. The molecular weight excluding hydrogens is 380 g/mol. The van der Waals surface area contributed by atoms with Crippen molar-refractivity contribution in [1.29, 1.82) is 0 Å². The minimum Gasteiger partial charge on any atom is -0.223 e. The first-order valence-corrected chi connectivity index (χ1v) is 12.2. The van der Waals surface area contributed by atoms with Gasteiger partial charge in [-0.2, -0.15) is 0 Å². The Kier molecular flexibility index (Phi) is 3.53. The molecule has 0 unspecified atom stereocenters. The SMILES string of the molecule is O=S(=O)(c1ccccc1)[C@@H]1[C@H](S(=O)(=O)c2ccccc2)[C@H]2C=C[C@@H]1C21CC1. The van der Waals surface area contributed by atoms with Crippen LogP contribution in [0, 0.1) is 17.3 Å². The molecule has 4 nitrogen and oxygen atoms in total. The molecular formula is C21H20O4S2. The molecule has 2 saturated carbocycles. The molecule has 0 N–H and O–H groups in total. The van der Waals surface area contributed by atoms with Crippen molar-refractivity contribution in [1.82, 2.24) is 0 Å². The molecule has 2 aromatic rings. The van der Waals surface area contributed by atoms with E-state index in [-0.39, 0.29) is 27.0 Å². The quantitative estimate of drug-likeness (QED) is 0.739. The number of hydrogen-bond acceptors (Lipinski definition) is 4. The van der Waals surface area contributed by atoms with Crippen LogP contribution in [0.3, 0.4) is 0 Å². The second-order valence-corrected chi connectivity index (χ2v) is 12.0. The lowest BCUT2D eigenvalue weighted by Gasteiger charge is -2.27. The van der Waals surface area contributed by atoms with Crippen LogP contribution in [0.4, 0.5) is 0 Å². The Morgan fingerprint density at radius 1 is 0.630 bits per heavy atom. The van der Waals surface area contributed by atoms with Crippen molar-refractivity contribution in [2.75, 3.05) is 0 Å². The van der Waals surface area contributed by atoms with Crippen LogP contribution < -0.4 is 0 Å². The Balaban J connectivity index is 1.69. The van der Waals surface area contributed by atoms with E-state index in [4.69, 9.17) is 0 Å². The first-order chi connectivity index (χ1) is 12.9. The highest BCUT2D eigenvalue weighted by molar-refractivity contribution is 7.96. The third kappa shape index (κ3) is 2.26. The maximum absolute atomic E-state index is 13.5. The molecule has 3 aliphatic carbocycles. The van der Waals surface area contributed by atoms with Crippen LogP contribution in [-0.4, -0.2) is 27.3 Å². The van der Waals surface area contributed by atoms with E-state index >= 15 is 0 Å². The molecule has 0 aliphatic heterocycles. The van der Waals surface area contributed by atoms with Gasteiger partial charge in [-0.15, -0.1) is 0 Å². The van der Waals surface area contributed by atoms with Gasteiger partial charge in [0.05, 0.1) is 20.3 Å². The monoisotopic (exact) mass is 400 g/mol. The van der Waals surface area contributed by atoms with Crippen LogP contribution in [0.15, 0.2) is 82.6 Å². The lowest BCUT2D eigenvalue weighted by molar-refractivity contribution is 0.403. The van der Waals surface area contributed by atoms with Crippen molar-refractivity contribution in [3.63, 3.8) is 0 Å². The maximum Gasteiger partial charge on any atom is 0.183 e. The smallest absolute Gasteiger partial charge is 0.183 e. The molecule has 4 atom stereocenters. The second kappa shape index (κ2) is 5.55. The molecule has 2 fully saturated rings. The number of allylic oxidation sites excluding steroid dienone is 2. The van der Waals surface area contributed by atoms with Gasteiger partial charge in [-0.3, -0.25) is 0 Å². The van der Waals surface area contributed by atoms with Gasteiger partial charge in [0, 0.05) is 11.8 Å². The summed E-state index contributed by atoms with van der Waals surface area (Å²) in [6.45, 7) is 0. The Labute approximate surface area is 159 Å². The Morgan fingerprint density at radius 3 is 1.33 bits per heavy atom. The normalized spacial score (nSPS) is 30.7. The number of sulfone groups is 2. The number of rotatable bonds is 4. The molecule has 3 aliphatic rings. The van der Waals surface area contributed by atoms with Gasteiger partial charge in [-0.25, -0.2) is 16.8 Å². The van der Waals surface area contributed by atoms with E-state index in [1.54, 1.807) is 60.7 Å². The van der Waals surface area contributed by atoms with Crippen LogP contribution in [0.2, 0.25) is 0 Å². The van der Waals surface area contributed by atoms with E-state index in [0.717, 1.165) is 12.8 Å². The Bertz CT molecular complexity index is 1030. The molecule has 140 valence electrons. The zero-order chi connectivity index (χ0) is 18.9. The largest absolute Gasteiger partial charge is 0.223 e. The highest BCUT2D eigenvalue weighted by Crippen LogP contribution is 2.71. The summed E-state index contributed by atoms with van der Waals surface area (Å²) in [7, 11) is -7.54. The summed E-state index contributed by atoms with van der Waals surface area (Å²) in [6.07, 6.45) is 5.72. The van der Waals surface area contributed by atoms with Crippen LogP contribution in [0.5, 0.6) is 0 Å². The number of benzene rings is 2. The molecule has 2 aromatic carbocycles. The summed E-state index contributed by atoms with van der Waals surface area (Å²) in [6, 6.07) is 16.5. The van der Waals surface area contributed by atoms with E-state index in [9.17, 15) is 16.8 Å². The van der Waals surface area contributed by atoms with Crippen LogP contribution >= 0.6 is 0 Å². The third-order valence-corrected chi connectivity index (χ3v) is 11.2. The van der Waals surface area contributed by atoms with Crippen molar-refractivity contribution >= 4 is 19.7 Å². The summed E-state index contributed by atoms with van der Waals surface area (Å²) in [5.41, 5.74) is -0.182. The fourth-order valence-corrected chi connectivity index (χ4v) is 10.3. The third-order valence-electron chi connectivity index (χ3n) is 6.57. The molecule has 0 saturated heterocycles. The molecule has 0 heterocycles. The Morgan fingerprint density at radius 2 is 1.00 bits per heavy atom. The van der Waals surface area contributed by atoms with Gasteiger partial charge in [0.25, 0.3) is 0 Å². The molecule has 5 rings (SSSR count). The molecule has 0 radical (unpaired) electrons. The van der Waals surface area contributed by atoms with E-state index in [1.807, 2.05) is 12.2 Å². The topological polar surface area (TPSA) is 68.3 Å². The van der Waals surface area contributed by atoms with Crippen LogP contribution in [0.25, 0.3) is 0 Å². The van der Waals surface area contributed by atoms with Gasteiger partial charge in [-0.05, 0) is 42.5 Å². The maximum atomic E-state index is 13.5. The van der Waals surface area contributed by atoms with Gasteiger partial charge >= 0.3 is 0 Å². The minimum absolute atomic E-state index is 0.182. The van der Waals surface area contributed by atoms with E-state index in [2.05, 4.69) is 0 Å². The summed E-state index contributed by atoms with van der Waals surface area (Å²) < 4.78 is 54.1. The molecule has 27 heavy (non-hydrogen) atoms. The van der Waals surface area contributed by atoms with Crippen LogP contribution in [-0.2, 0) is 19.7 Å².